The zero-order valence-corrected chi connectivity index (χ0v) is 15.9. The second kappa shape index (κ2) is 19.7. The second-order valence-electron chi connectivity index (χ2n) is 5.07. The van der Waals surface area contributed by atoms with Crippen LogP contribution in [0.15, 0.2) is 87.6 Å². The summed E-state index contributed by atoms with van der Waals surface area (Å²) >= 11 is 0. The molecule has 0 saturated heterocycles. The van der Waals surface area contributed by atoms with Gasteiger partial charge in [0, 0.05) is 5.57 Å². The van der Waals surface area contributed by atoms with Crippen molar-refractivity contribution in [1.29, 1.82) is 0 Å². The minimum absolute atomic E-state index is 0.129. The predicted octanol–water partition coefficient (Wildman–Crippen LogP) is 6.05. The maximum atomic E-state index is 10.1. The summed E-state index contributed by atoms with van der Waals surface area (Å²) in [7, 11) is 0. The summed E-state index contributed by atoms with van der Waals surface area (Å²) in [5, 5.41) is 8.31. The van der Waals surface area contributed by atoms with Gasteiger partial charge in [-0.2, -0.15) is 0 Å². The number of unbranched alkanes of at least 4 members (excludes halogenated alkanes) is 1. The highest BCUT2D eigenvalue weighted by molar-refractivity contribution is 5.85. The summed E-state index contributed by atoms with van der Waals surface area (Å²) in [5.74, 6) is -0.872. The lowest BCUT2D eigenvalue weighted by Crippen LogP contribution is -2.14. The molecular formula is C22H34O3. The van der Waals surface area contributed by atoms with Gasteiger partial charge < -0.3 is 9.84 Å². The van der Waals surface area contributed by atoms with Gasteiger partial charge in [0.05, 0.1) is 12.2 Å². The Bertz CT molecular complexity index is 424. The molecule has 0 aliphatic heterocycles. The van der Waals surface area contributed by atoms with E-state index in [2.05, 4.69) is 46.1 Å². The topological polar surface area (TPSA) is 46.5 Å². The van der Waals surface area contributed by atoms with Crippen LogP contribution in [0, 0.1) is 0 Å². The highest BCUT2D eigenvalue weighted by atomic mass is 16.5. The molecule has 25 heavy (non-hydrogen) atoms. The summed E-state index contributed by atoms with van der Waals surface area (Å²) in [4.78, 5) is 10.1. The number of rotatable bonds is 11. The van der Waals surface area contributed by atoms with Gasteiger partial charge in [-0.1, -0.05) is 69.0 Å². The normalized spacial score (nSPS) is 8.80. The van der Waals surface area contributed by atoms with Crippen molar-refractivity contribution in [3.05, 3.63) is 87.6 Å². The highest BCUT2D eigenvalue weighted by Gasteiger charge is 2.03. The fourth-order valence-electron chi connectivity index (χ4n) is 1.09. The molecule has 0 aromatic carbocycles. The van der Waals surface area contributed by atoms with Gasteiger partial charge in [-0.3, -0.25) is 0 Å². The molecule has 0 amide bonds. The van der Waals surface area contributed by atoms with Gasteiger partial charge in [-0.25, -0.2) is 4.79 Å². The molecule has 0 fully saturated rings. The standard InChI is InChI=1S/C10H14O.C7H12O2.C5H8/c1-5-9(6-2)11-10(7-3)8-4;1-3-4-5-6(2)7(8)9;1-4-5(2)3/h5-10H,1-4H2;2-5H2,1H3,(H,8,9);4H,1-2H2,3H3. The molecule has 0 spiro atoms. The first-order valence-corrected chi connectivity index (χ1v) is 8.08. The molecule has 0 radical (unpaired) electrons. The monoisotopic (exact) mass is 346 g/mol. The third-order valence-corrected chi connectivity index (χ3v) is 2.73. The van der Waals surface area contributed by atoms with E-state index in [0.717, 1.165) is 18.4 Å². The van der Waals surface area contributed by atoms with E-state index in [4.69, 9.17) is 9.84 Å². The summed E-state index contributed by atoms with van der Waals surface area (Å²) in [6.07, 6.45) is 10.7. The first kappa shape index (κ1) is 27.5. The summed E-state index contributed by atoms with van der Waals surface area (Å²) in [5.41, 5.74) is 1.34. The number of allylic oxidation sites excluding steroid dienone is 2. The summed E-state index contributed by atoms with van der Waals surface area (Å²) in [6, 6.07) is 0. The molecule has 0 bridgehead atoms. The van der Waals surface area contributed by atoms with E-state index in [-0.39, 0.29) is 12.2 Å². The van der Waals surface area contributed by atoms with Gasteiger partial charge in [0.2, 0.25) is 0 Å². The van der Waals surface area contributed by atoms with Crippen molar-refractivity contribution < 1.29 is 14.6 Å². The maximum absolute atomic E-state index is 10.1. The number of hydrogen-bond acceptors (Lipinski definition) is 2. The van der Waals surface area contributed by atoms with E-state index in [1.807, 2.05) is 13.8 Å². The molecular weight excluding hydrogens is 312 g/mol. The van der Waals surface area contributed by atoms with E-state index in [9.17, 15) is 4.79 Å². The quantitative estimate of drug-likeness (QED) is 0.281. The molecule has 0 aliphatic rings. The van der Waals surface area contributed by atoms with Crippen LogP contribution in [-0.4, -0.2) is 23.3 Å². The number of ether oxygens (including phenoxy) is 1. The molecule has 0 rings (SSSR count). The minimum Gasteiger partial charge on any atom is -0.478 e. The number of hydrogen-bond donors (Lipinski definition) is 1. The van der Waals surface area contributed by atoms with Crippen LogP contribution in [0.2, 0.25) is 0 Å². The third-order valence-electron chi connectivity index (χ3n) is 2.73. The van der Waals surface area contributed by atoms with Crippen molar-refractivity contribution in [1.82, 2.24) is 0 Å². The Morgan fingerprint density at radius 1 is 1.00 bits per heavy atom. The molecule has 0 aliphatic carbocycles. The zero-order chi connectivity index (χ0) is 20.3. The lowest BCUT2D eigenvalue weighted by atomic mass is 10.1. The largest absolute Gasteiger partial charge is 0.478 e. The van der Waals surface area contributed by atoms with Gasteiger partial charge in [0.25, 0.3) is 0 Å². The van der Waals surface area contributed by atoms with Gasteiger partial charge in [-0.05, 0) is 19.8 Å². The van der Waals surface area contributed by atoms with Gasteiger partial charge in [0.15, 0.2) is 0 Å². The zero-order valence-electron chi connectivity index (χ0n) is 15.9. The van der Waals surface area contributed by atoms with Crippen molar-refractivity contribution >= 4 is 5.97 Å². The van der Waals surface area contributed by atoms with Crippen molar-refractivity contribution in [2.75, 3.05) is 0 Å². The summed E-state index contributed by atoms with van der Waals surface area (Å²) in [6.45, 7) is 28.7. The Morgan fingerprint density at radius 3 is 1.56 bits per heavy atom. The van der Waals surface area contributed by atoms with E-state index in [1.54, 1.807) is 30.4 Å². The van der Waals surface area contributed by atoms with Crippen LogP contribution in [0.1, 0.15) is 33.1 Å². The van der Waals surface area contributed by atoms with E-state index in [0.29, 0.717) is 12.0 Å². The molecule has 0 aromatic heterocycles. The number of carboxylic acid groups (broad SMARTS) is 1. The Labute approximate surface area is 154 Å². The molecule has 0 saturated carbocycles. The van der Waals surface area contributed by atoms with Crippen LogP contribution >= 0.6 is 0 Å². The van der Waals surface area contributed by atoms with Crippen molar-refractivity contribution in [2.24, 2.45) is 0 Å². The number of aliphatic carboxylic acids is 1. The molecule has 1 N–H and O–H groups in total. The van der Waals surface area contributed by atoms with E-state index < -0.39 is 5.97 Å². The maximum Gasteiger partial charge on any atom is 0.330 e. The van der Waals surface area contributed by atoms with Crippen LogP contribution in [0.25, 0.3) is 0 Å². The van der Waals surface area contributed by atoms with Crippen molar-refractivity contribution in [3.8, 4) is 0 Å². The van der Waals surface area contributed by atoms with Gasteiger partial charge in [-0.15, -0.1) is 26.3 Å². The first-order chi connectivity index (χ1) is 11.7. The fraction of sp³-hybridized carbons (Fsp3) is 0.318. The Balaban J connectivity index is -0.000000311. The molecule has 0 heterocycles. The van der Waals surface area contributed by atoms with E-state index >= 15 is 0 Å². The lowest BCUT2D eigenvalue weighted by Gasteiger charge is -2.13. The summed E-state index contributed by atoms with van der Waals surface area (Å²) < 4.78 is 5.38. The Hall–Kier alpha value is -2.39. The molecule has 140 valence electrons. The van der Waals surface area contributed by atoms with Crippen LogP contribution in [0.5, 0.6) is 0 Å². The lowest BCUT2D eigenvalue weighted by molar-refractivity contribution is -0.132. The molecule has 3 nitrogen and oxygen atoms in total. The van der Waals surface area contributed by atoms with Crippen LogP contribution < -0.4 is 0 Å². The average Bonchev–Trinajstić information content (AvgIpc) is 2.61. The van der Waals surface area contributed by atoms with Crippen LogP contribution in [0.3, 0.4) is 0 Å². The first-order valence-electron chi connectivity index (χ1n) is 8.08. The number of carboxylic acids is 1. The SMILES string of the molecule is C=C(CCCC)C(=O)O.C=CC(=C)C.C=CC(C=C)OC(C=C)C=C. The molecule has 0 aromatic rings. The molecule has 0 unspecified atom stereocenters. The van der Waals surface area contributed by atoms with Gasteiger partial charge in [0.1, 0.15) is 0 Å². The number of carbonyl (C=O) groups is 1. The second-order valence-corrected chi connectivity index (χ2v) is 5.07. The molecule has 0 atom stereocenters. The van der Waals surface area contributed by atoms with Crippen molar-refractivity contribution in [2.45, 2.75) is 45.3 Å². The van der Waals surface area contributed by atoms with Crippen LogP contribution in [-0.2, 0) is 9.53 Å². The van der Waals surface area contributed by atoms with Crippen LogP contribution in [0.4, 0.5) is 0 Å². The predicted molar refractivity (Wildman–Crippen MR) is 111 cm³/mol. The Morgan fingerprint density at radius 2 is 1.36 bits per heavy atom. The smallest absolute Gasteiger partial charge is 0.330 e. The average molecular weight is 347 g/mol. The fourth-order valence-corrected chi connectivity index (χ4v) is 1.09. The highest BCUT2D eigenvalue weighted by Crippen LogP contribution is 2.03. The van der Waals surface area contributed by atoms with E-state index in [1.165, 1.54) is 0 Å². The Kier molecular flexibility index (Phi) is 21.6. The van der Waals surface area contributed by atoms with Crippen molar-refractivity contribution in [3.63, 3.8) is 0 Å². The third kappa shape index (κ3) is 21.6. The minimum atomic E-state index is -0.872. The molecule has 3 heteroatoms. The van der Waals surface area contributed by atoms with Gasteiger partial charge >= 0.3 is 5.97 Å².